The molecule has 3 aromatic rings. The van der Waals surface area contributed by atoms with Crippen LogP contribution in [0, 0.1) is 0 Å². The topological polar surface area (TPSA) is 78.8 Å². The Morgan fingerprint density at radius 2 is 1.65 bits per heavy atom. The summed E-state index contributed by atoms with van der Waals surface area (Å²) in [5.41, 5.74) is 5.49. The lowest BCUT2D eigenvalue weighted by atomic mass is 10.0. The Balaban J connectivity index is 1.70. The molecule has 0 saturated heterocycles. The molecule has 0 heterocycles. The molecule has 34 heavy (non-hydrogen) atoms. The Labute approximate surface area is 209 Å². The second-order valence-corrected chi connectivity index (χ2v) is 11.0. The monoisotopic (exact) mass is 541 g/mol. The highest BCUT2D eigenvalue weighted by molar-refractivity contribution is 9.10. The Kier molecular flexibility index (Phi) is 9.15. The molecule has 0 spiro atoms. The van der Waals surface area contributed by atoms with Crippen molar-refractivity contribution < 1.29 is 13.2 Å². The summed E-state index contributed by atoms with van der Waals surface area (Å²) >= 11 is 3.32. The number of sulfonamides is 1. The smallest absolute Gasteiger partial charge is 0.255 e. The maximum atomic E-state index is 13.3. The highest BCUT2D eigenvalue weighted by atomic mass is 79.9. The van der Waals surface area contributed by atoms with Gasteiger partial charge in [-0.1, -0.05) is 84.4 Å². The van der Waals surface area contributed by atoms with E-state index in [1.165, 1.54) is 22.0 Å². The fourth-order valence-corrected chi connectivity index (χ4v) is 4.94. The zero-order valence-corrected chi connectivity index (χ0v) is 21.6. The minimum absolute atomic E-state index is 0.130. The van der Waals surface area contributed by atoms with Crippen LogP contribution < -0.4 is 5.43 Å². The molecule has 0 atom stereocenters. The summed E-state index contributed by atoms with van der Waals surface area (Å²) in [5.74, 6) is -0.0796. The van der Waals surface area contributed by atoms with Gasteiger partial charge in [0, 0.05) is 11.0 Å². The number of halogens is 1. The number of benzene rings is 3. The Hall–Kier alpha value is -2.81. The van der Waals surface area contributed by atoms with Gasteiger partial charge in [0.15, 0.2) is 0 Å². The van der Waals surface area contributed by atoms with Gasteiger partial charge in [-0.15, -0.1) is 0 Å². The predicted molar refractivity (Wildman–Crippen MR) is 139 cm³/mol. The van der Waals surface area contributed by atoms with Crippen LogP contribution >= 0.6 is 15.9 Å². The van der Waals surface area contributed by atoms with Gasteiger partial charge in [0.1, 0.15) is 0 Å². The predicted octanol–water partition coefficient (Wildman–Crippen LogP) is 4.96. The summed E-state index contributed by atoms with van der Waals surface area (Å²) in [7, 11) is -3.87. The SMILES string of the molecule is CC(C)c1ccc(C=NNC(=O)CN(CCc2ccccc2)S(=O)(=O)c2ccc(Br)cc2)cc1. The lowest BCUT2D eigenvalue weighted by molar-refractivity contribution is -0.121. The number of hydrazone groups is 1. The van der Waals surface area contributed by atoms with Crippen molar-refractivity contribution in [2.75, 3.05) is 13.1 Å². The highest BCUT2D eigenvalue weighted by Crippen LogP contribution is 2.19. The molecule has 0 aromatic heterocycles. The molecule has 0 bridgehead atoms. The summed E-state index contributed by atoms with van der Waals surface area (Å²) in [6.45, 7) is 4.06. The molecule has 0 fully saturated rings. The van der Waals surface area contributed by atoms with E-state index in [1.807, 2.05) is 54.6 Å². The number of carbonyl (C=O) groups excluding carboxylic acids is 1. The van der Waals surface area contributed by atoms with E-state index in [9.17, 15) is 13.2 Å². The molecule has 6 nitrogen and oxygen atoms in total. The number of amides is 1. The van der Waals surface area contributed by atoms with Crippen molar-refractivity contribution in [3.63, 3.8) is 0 Å². The average Bonchev–Trinajstić information content (AvgIpc) is 2.83. The van der Waals surface area contributed by atoms with Crippen LogP contribution in [0.3, 0.4) is 0 Å². The van der Waals surface area contributed by atoms with Gasteiger partial charge in [0.2, 0.25) is 10.0 Å². The van der Waals surface area contributed by atoms with Crippen molar-refractivity contribution in [2.24, 2.45) is 5.10 Å². The fraction of sp³-hybridized carbons (Fsp3) is 0.231. The third-order valence-corrected chi connectivity index (χ3v) is 7.66. The van der Waals surface area contributed by atoms with Crippen molar-refractivity contribution >= 4 is 38.1 Å². The van der Waals surface area contributed by atoms with Crippen LogP contribution in [0.25, 0.3) is 0 Å². The van der Waals surface area contributed by atoms with Crippen LogP contribution in [0.4, 0.5) is 0 Å². The van der Waals surface area contributed by atoms with E-state index in [4.69, 9.17) is 0 Å². The first kappa shape index (κ1) is 25.8. The number of hydrogen-bond acceptors (Lipinski definition) is 4. The molecule has 3 aromatic carbocycles. The van der Waals surface area contributed by atoms with Crippen LogP contribution in [0.2, 0.25) is 0 Å². The first-order valence-corrected chi connectivity index (χ1v) is 13.2. The number of nitrogens with one attached hydrogen (secondary N) is 1. The van der Waals surface area contributed by atoms with Gasteiger partial charge >= 0.3 is 0 Å². The highest BCUT2D eigenvalue weighted by Gasteiger charge is 2.26. The van der Waals surface area contributed by atoms with Gasteiger partial charge in [-0.3, -0.25) is 4.79 Å². The van der Waals surface area contributed by atoms with Gasteiger partial charge in [-0.05, 0) is 53.3 Å². The maximum absolute atomic E-state index is 13.3. The molecule has 0 unspecified atom stereocenters. The number of rotatable bonds is 10. The fourth-order valence-electron chi connectivity index (χ4n) is 3.28. The van der Waals surface area contributed by atoms with Gasteiger partial charge in [-0.25, -0.2) is 13.8 Å². The van der Waals surface area contributed by atoms with E-state index in [0.717, 1.165) is 15.6 Å². The summed E-state index contributed by atoms with van der Waals surface area (Å²) in [4.78, 5) is 12.7. The summed E-state index contributed by atoms with van der Waals surface area (Å²) in [6, 6.07) is 23.8. The molecule has 178 valence electrons. The average molecular weight is 542 g/mol. The van der Waals surface area contributed by atoms with Gasteiger partial charge < -0.3 is 0 Å². The summed E-state index contributed by atoms with van der Waals surface area (Å²) in [6.07, 6.45) is 2.02. The molecule has 0 aliphatic rings. The Morgan fingerprint density at radius 1 is 1.00 bits per heavy atom. The zero-order valence-electron chi connectivity index (χ0n) is 19.2. The Bertz CT molecular complexity index is 1210. The molecule has 0 aliphatic carbocycles. The van der Waals surface area contributed by atoms with Crippen LogP contribution in [0.5, 0.6) is 0 Å². The molecule has 1 amide bonds. The largest absolute Gasteiger partial charge is 0.272 e. The van der Waals surface area contributed by atoms with Gasteiger partial charge in [0.25, 0.3) is 5.91 Å². The molecular weight excluding hydrogens is 514 g/mol. The van der Waals surface area contributed by atoms with E-state index < -0.39 is 15.9 Å². The number of carbonyl (C=O) groups is 1. The minimum Gasteiger partial charge on any atom is -0.272 e. The normalized spacial score (nSPS) is 11.9. The van der Waals surface area contributed by atoms with Crippen molar-refractivity contribution in [3.8, 4) is 0 Å². The van der Waals surface area contributed by atoms with Crippen LogP contribution in [-0.4, -0.2) is 37.9 Å². The number of hydrogen-bond donors (Lipinski definition) is 1. The zero-order chi connectivity index (χ0) is 24.6. The third kappa shape index (κ3) is 7.35. The quantitative estimate of drug-likeness (QED) is 0.291. The van der Waals surface area contributed by atoms with E-state index in [-0.39, 0.29) is 18.0 Å². The lowest BCUT2D eigenvalue weighted by Gasteiger charge is -2.21. The van der Waals surface area contributed by atoms with Crippen LogP contribution in [0.15, 0.2) is 93.3 Å². The third-order valence-electron chi connectivity index (χ3n) is 5.27. The molecule has 3 rings (SSSR count). The summed E-state index contributed by atoms with van der Waals surface area (Å²) < 4.78 is 28.5. The molecule has 0 saturated carbocycles. The van der Waals surface area contributed by atoms with E-state index >= 15 is 0 Å². The minimum atomic E-state index is -3.87. The summed E-state index contributed by atoms with van der Waals surface area (Å²) in [5, 5.41) is 4.00. The van der Waals surface area contributed by atoms with E-state index in [0.29, 0.717) is 12.3 Å². The van der Waals surface area contributed by atoms with Crippen molar-refractivity contribution in [1.29, 1.82) is 0 Å². The van der Waals surface area contributed by atoms with Gasteiger partial charge in [0.05, 0.1) is 17.7 Å². The van der Waals surface area contributed by atoms with E-state index in [2.05, 4.69) is 40.3 Å². The molecule has 0 aliphatic heterocycles. The molecule has 1 N–H and O–H groups in total. The number of nitrogens with zero attached hydrogens (tertiary/aromatic N) is 2. The molecular formula is C26H28BrN3O3S. The second-order valence-electron chi connectivity index (χ2n) is 8.14. The maximum Gasteiger partial charge on any atom is 0.255 e. The van der Waals surface area contributed by atoms with E-state index in [1.54, 1.807) is 18.3 Å². The van der Waals surface area contributed by atoms with Crippen molar-refractivity contribution in [1.82, 2.24) is 9.73 Å². The van der Waals surface area contributed by atoms with Crippen molar-refractivity contribution in [2.45, 2.75) is 31.1 Å². The first-order chi connectivity index (χ1) is 16.3. The lowest BCUT2D eigenvalue weighted by Crippen LogP contribution is -2.40. The Morgan fingerprint density at radius 3 is 2.26 bits per heavy atom. The molecule has 8 heteroatoms. The second kappa shape index (κ2) is 12.1. The van der Waals surface area contributed by atoms with Crippen molar-refractivity contribution in [3.05, 3.63) is 100 Å². The van der Waals surface area contributed by atoms with Crippen LogP contribution in [-0.2, 0) is 21.2 Å². The van der Waals surface area contributed by atoms with Gasteiger partial charge in [-0.2, -0.15) is 9.41 Å². The molecule has 0 radical (unpaired) electrons. The van der Waals surface area contributed by atoms with Crippen LogP contribution in [0.1, 0.15) is 36.5 Å². The first-order valence-electron chi connectivity index (χ1n) is 11.0. The standard InChI is InChI=1S/C26H28BrN3O3S/c1-20(2)23-10-8-22(9-11-23)18-28-29-26(31)19-30(17-16-21-6-4-3-5-7-21)34(32,33)25-14-12-24(27)13-15-25/h3-15,18,20H,16-17,19H2,1-2H3,(H,29,31).